The van der Waals surface area contributed by atoms with Crippen molar-refractivity contribution < 1.29 is 9.90 Å². The normalized spacial score (nSPS) is 18.4. The Morgan fingerprint density at radius 2 is 1.95 bits per heavy atom. The number of benzene rings is 1. The van der Waals surface area contributed by atoms with Gasteiger partial charge < -0.3 is 5.11 Å². The Balaban J connectivity index is 2.01. The monoisotopic (exact) mass is 272 g/mol. The van der Waals surface area contributed by atoms with Gasteiger partial charge in [-0.2, -0.15) is 5.26 Å². The van der Waals surface area contributed by atoms with E-state index in [-0.39, 0.29) is 11.8 Å². The lowest BCUT2D eigenvalue weighted by atomic mass is 9.82. The maximum Gasteiger partial charge on any atom is 0.307 e. The zero-order valence-corrected chi connectivity index (χ0v) is 11.8. The standard InChI is InChI=1S/C16H20N2O2/c1-16(12-17)6-8-18(9-7-16)11-14-5-3-2-4-13(14)10-15(19)20/h2-5H,6-11H2,1H3,(H,19,20). The van der Waals surface area contributed by atoms with Crippen LogP contribution >= 0.6 is 0 Å². The number of nitriles is 1. The maximum absolute atomic E-state index is 10.9. The zero-order valence-electron chi connectivity index (χ0n) is 11.8. The molecule has 4 nitrogen and oxygen atoms in total. The quantitative estimate of drug-likeness (QED) is 0.914. The van der Waals surface area contributed by atoms with E-state index in [2.05, 4.69) is 11.0 Å². The number of carboxylic acids is 1. The van der Waals surface area contributed by atoms with Crippen LogP contribution < -0.4 is 0 Å². The third-order valence-corrected chi connectivity index (χ3v) is 4.08. The zero-order chi connectivity index (χ0) is 14.6. The van der Waals surface area contributed by atoms with Crippen LogP contribution in [0.1, 0.15) is 30.9 Å². The first-order valence-corrected chi connectivity index (χ1v) is 6.95. The van der Waals surface area contributed by atoms with Gasteiger partial charge in [-0.3, -0.25) is 9.69 Å². The average Bonchev–Trinajstić information content (AvgIpc) is 2.43. The van der Waals surface area contributed by atoms with E-state index in [4.69, 9.17) is 10.4 Å². The highest BCUT2D eigenvalue weighted by atomic mass is 16.4. The lowest BCUT2D eigenvalue weighted by Gasteiger charge is -2.35. The summed E-state index contributed by atoms with van der Waals surface area (Å²) in [6.07, 6.45) is 1.83. The number of hydrogen-bond donors (Lipinski definition) is 1. The van der Waals surface area contributed by atoms with E-state index in [1.165, 1.54) is 0 Å². The van der Waals surface area contributed by atoms with Crippen molar-refractivity contribution >= 4 is 5.97 Å². The predicted octanol–water partition coefficient (Wildman–Crippen LogP) is 2.44. The van der Waals surface area contributed by atoms with E-state index >= 15 is 0 Å². The van der Waals surface area contributed by atoms with Gasteiger partial charge in [0.25, 0.3) is 0 Å². The number of likely N-dealkylation sites (tertiary alicyclic amines) is 1. The van der Waals surface area contributed by atoms with Crippen molar-refractivity contribution in [1.82, 2.24) is 4.90 Å². The largest absolute Gasteiger partial charge is 0.481 e. The summed E-state index contributed by atoms with van der Waals surface area (Å²) in [4.78, 5) is 13.2. The van der Waals surface area contributed by atoms with Gasteiger partial charge in [-0.25, -0.2) is 0 Å². The number of rotatable bonds is 4. The van der Waals surface area contributed by atoms with Crippen LogP contribution in [0.5, 0.6) is 0 Å². The van der Waals surface area contributed by atoms with Gasteiger partial charge in [-0.1, -0.05) is 24.3 Å². The molecule has 1 saturated heterocycles. The molecule has 1 aliphatic heterocycles. The second-order valence-electron chi connectivity index (χ2n) is 5.79. The fourth-order valence-electron chi connectivity index (χ4n) is 2.60. The number of hydrogen-bond acceptors (Lipinski definition) is 3. The molecular weight excluding hydrogens is 252 g/mol. The molecule has 0 unspecified atom stereocenters. The third kappa shape index (κ3) is 3.58. The minimum atomic E-state index is -0.798. The molecule has 106 valence electrons. The lowest BCUT2D eigenvalue weighted by Crippen LogP contribution is -2.37. The molecule has 1 aromatic carbocycles. The van der Waals surface area contributed by atoms with Crippen LogP contribution in [0.25, 0.3) is 0 Å². The summed E-state index contributed by atoms with van der Waals surface area (Å²) >= 11 is 0. The van der Waals surface area contributed by atoms with Gasteiger partial charge in [-0.05, 0) is 44.0 Å². The first-order chi connectivity index (χ1) is 9.52. The molecule has 0 atom stereocenters. The van der Waals surface area contributed by atoms with Crippen molar-refractivity contribution in [1.29, 1.82) is 5.26 Å². The number of carbonyl (C=O) groups is 1. The van der Waals surface area contributed by atoms with Crippen LogP contribution in [-0.2, 0) is 17.8 Å². The summed E-state index contributed by atoms with van der Waals surface area (Å²) in [6.45, 7) is 4.57. The molecule has 0 bridgehead atoms. The molecule has 0 amide bonds. The molecule has 0 aliphatic carbocycles. The van der Waals surface area contributed by atoms with E-state index in [9.17, 15) is 4.79 Å². The van der Waals surface area contributed by atoms with Crippen molar-refractivity contribution in [2.24, 2.45) is 5.41 Å². The summed E-state index contributed by atoms with van der Waals surface area (Å²) in [5, 5.41) is 18.1. The van der Waals surface area contributed by atoms with Crippen molar-refractivity contribution in [2.75, 3.05) is 13.1 Å². The minimum Gasteiger partial charge on any atom is -0.481 e. The molecule has 20 heavy (non-hydrogen) atoms. The third-order valence-electron chi connectivity index (χ3n) is 4.08. The number of piperidine rings is 1. The molecule has 0 aromatic heterocycles. The van der Waals surface area contributed by atoms with Gasteiger partial charge >= 0.3 is 5.97 Å². The minimum absolute atomic E-state index is 0.0694. The second kappa shape index (κ2) is 6.06. The van der Waals surface area contributed by atoms with Crippen LogP contribution in [-0.4, -0.2) is 29.1 Å². The van der Waals surface area contributed by atoms with E-state index in [0.29, 0.717) is 0 Å². The van der Waals surface area contributed by atoms with E-state index in [1.54, 1.807) is 0 Å². The summed E-state index contributed by atoms with van der Waals surface area (Å²) in [7, 11) is 0. The Morgan fingerprint density at radius 1 is 1.35 bits per heavy atom. The van der Waals surface area contributed by atoms with Crippen molar-refractivity contribution in [3.8, 4) is 6.07 Å². The molecule has 4 heteroatoms. The molecule has 1 heterocycles. The highest BCUT2D eigenvalue weighted by Gasteiger charge is 2.29. The van der Waals surface area contributed by atoms with Crippen molar-refractivity contribution in [3.05, 3.63) is 35.4 Å². The number of aliphatic carboxylic acids is 1. The molecule has 0 radical (unpaired) electrons. The first kappa shape index (κ1) is 14.5. The Hall–Kier alpha value is -1.86. The number of carboxylic acid groups (broad SMARTS) is 1. The molecule has 2 rings (SSSR count). The molecular formula is C16H20N2O2. The van der Waals surface area contributed by atoms with Crippen LogP contribution in [0, 0.1) is 16.7 Å². The van der Waals surface area contributed by atoms with Crippen LogP contribution in [0.15, 0.2) is 24.3 Å². The van der Waals surface area contributed by atoms with Gasteiger partial charge in [0.05, 0.1) is 17.9 Å². The van der Waals surface area contributed by atoms with Gasteiger partial charge in [0.2, 0.25) is 0 Å². The van der Waals surface area contributed by atoms with Crippen LogP contribution in [0.3, 0.4) is 0 Å². The van der Waals surface area contributed by atoms with Gasteiger partial charge in [0.1, 0.15) is 0 Å². The first-order valence-electron chi connectivity index (χ1n) is 6.95. The number of nitrogens with zero attached hydrogens (tertiary/aromatic N) is 2. The van der Waals surface area contributed by atoms with Crippen molar-refractivity contribution in [2.45, 2.75) is 32.7 Å². The van der Waals surface area contributed by atoms with E-state index in [1.807, 2.05) is 31.2 Å². The van der Waals surface area contributed by atoms with Gasteiger partial charge in [0.15, 0.2) is 0 Å². The second-order valence-corrected chi connectivity index (χ2v) is 5.79. The van der Waals surface area contributed by atoms with Crippen LogP contribution in [0.2, 0.25) is 0 Å². The summed E-state index contributed by atoms with van der Waals surface area (Å²) in [5.41, 5.74) is 1.76. The molecule has 1 aliphatic rings. The summed E-state index contributed by atoms with van der Waals surface area (Å²) < 4.78 is 0. The fourth-order valence-corrected chi connectivity index (χ4v) is 2.60. The Kier molecular flexibility index (Phi) is 4.41. The summed E-state index contributed by atoms with van der Waals surface area (Å²) in [6, 6.07) is 10.1. The van der Waals surface area contributed by atoms with E-state index in [0.717, 1.165) is 43.6 Å². The van der Waals surface area contributed by atoms with Gasteiger partial charge in [-0.15, -0.1) is 0 Å². The highest BCUT2D eigenvalue weighted by molar-refractivity contribution is 5.70. The topological polar surface area (TPSA) is 64.3 Å². The molecule has 1 N–H and O–H groups in total. The maximum atomic E-state index is 10.9. The Bertz CT molecular complexity index is 526. The molecule has 0 saturated carbocycles. The molecule has 1 aromatic rings. The average molecular weight is 272 g/mol. The molecule has 0 spiro atoms. The fraction of sp³-hybridized carbons (Fsp3) is 0.500. The highest BCUT2D eigenvalue weighted by Crippen LogP contribution is 2.30. The van der Waals surface area contributed by atoms with Gasteiger partial charge in [0, 0.05) is 6.54 Å². The Morgan fingerprint density at radius 3 is 2.50 bits per heavy atom. The van der Waals surface area contributed by atoms with E-state index < -0.39 is 5.97 Å². The SMILES string of the molecule is CC1(C#N)CCN(Cc2ccccc2CC(=O)O)CC1. The van der Waals surface area contributed by atoms with Crippen molar-refractivity contribution in [3.63, 3.8) is 0 Å². The molecule has 1 fully saturated rings. The Labute approximate surface area is 119 Å². The predicted molar refractivity (Wildman–Crippen MR) is 76.0 cm³/mol. The lowest BCUT2D eigenvalue weighted by molar-refractivity contribution is -0.136. The summed E-state index contributed by atoms with van der Waals surface area (Å²) in [5.74, 6) is -0.798. The smallest absolute Gasteiger partial charge is 0.307 e. The van der Waals surface area contributed by atoms with Crippen LogP contribution in [0.4, 0.5) is 0 Å².